The first-order valence-electron chi connectivity index (χ1n) is 9.15. The average Bonchev–Trinajstić information content (AvgIpc) is 2.63. The minimum absolute atomic E-state index is 0.630. The van der Waals surface area contributed by atoms with Gasteiger partial charge in [-0.05, 0) is 17.9 Å². The van der Waals surface area contributed by atoms with Crippen LogP contribution in [0.25, 0.3) is 0 Å². The Balaban J connectivity index is 1.50. The molecule has 2 heterocycles. The SMILES string of the molecule is CC(C)CCNc1nncc(N2CCN(Cc3ccccc3)CC2)n1. The van der Waals surface area contributed by atoms with E-state index in [1.807, 2.05) is 0 Å². The van der Waals surface area contributed by atoms with E-state index in [1.54, 1.807) is 6.20 Å². The van der Waals surface area contributed by atoms with Gasteiger partial charge in [0, 0.05) is 39.3 Å². The Morgan fingerprint density at radius 3 is 2.56 bits per heavy atom. The van der Waals surface area contributed by atoms with Gasteiger partial charge in [0.25, 0.3) is 0 Å². The first-order valence-corrected chi connectivity index (χ1v) is 9.15. The van der Waals surface area contributed by atoms with E-state index in [9.17, 15) is 0 Å². The van der Waals surface area contributed by atoms with Gasteiger partial charge >= 0.3 is 0 Å². The number of rotatable bonds is 7. The van der Waals surface area contributed by atoms with Crippen molar-refractivity contribution in [2.45, 2.75) is 26.8 Å². The highest BCUT2D eigenvalue weighted by Crippen LogP contribution is 2.15. The van der Waals surface area contributed by atoms with E-state index in [1.165, 1.54) is 5.56 Å². The lowest BCUT2D eigenvalue weighted by Gasteiger charge is -2.35. The Bertz CT molecular complexity index is 637. The molecule has 6 heteroatoms. The van der Waals surface area contributed by atoms with Gasteiger partial charge in [-0.1, -0.05) is 44.2 Å². The maximum absolute atomic E-state index is 4.62. The summed E-state index contributed by atoms with van der Waals surface area (Å²) in [6.45, 7) is 10.3. The van der Waals surface area contributed by atoms with Crippen molar-refractivity contribution in [3.05, 3.63) is 42.1 Å². The molecule has 2 aromatic rings. The fraction of sp³-hybridized carbons (Fsp3) is 0.526. The zero-order valence-electron chi connectivity index (χ0n) is 15.2. The van der Waals surface area contributed by atoms with Gasteiger partial charge in [0.05, 0.1) is 6.20 Å². The predicted molar refractivity (Wildman–Crippen MR) is 102 cm³/mol. The summed E-state index contributed by atoms with van der Waals surface area (Å²) in [5, 5.41) is 11.5. The maximum Gasteiger partial charge on any atom is 0.244 e. The average molecular weight is 340 g/mol. The zero-order valence-corrected chi connectivity index (χ0v) is 15.2. The van der Waals surface area contributed by atoms with Crippen LogP contribution in [0.2, 0.25) is 0 Å². The lowest BCUT2D eigenvalue weighted by molar-refractivity contribution is 0.249. The number of hydrogen-bond donors (Lipinski definition) is 1. The monoisotopic (exact) mass is 340 g/mol. The molecule has 0 radical (unpaired) electrons. The predicted octanol–water partition coefficient (Wildman–Crippen LogP) is 2.65. The van der Waals surface area contributed by atoms with Crippen LogP contribution in [0, 0.1) is 5.92 Å². The second-order valence-electron chi connectivity index (χ2n) is 7.00. The largest absolute Gasteiger partial charge is 0.353 e. The molecule has 1 saturated heterocycles. The third kappa shape index (κ3) is 5.39. The van der Waals surface area contributed by atoms with Crippen molar-refractivity contribution in [3.8, 4) is 0 Å². The Hall–Kier alpha value is -2.21. The summed E-state index contributed by atoms with van der Waals surface area (Å²) in [6.07, 6.45) is 2.87. The lowest BCUT2D eigenvalue weighted by Crippen LogP contribution is -2.46. The Labute approximate surface area is 150 Å². The molecule has 3 rings (SSSR count). The Morgan fingerprint density at radius 2 is 1.84 bits per heavy atom. The van der Waals surface area contributed by atoms with Crippen LogP contribution in [0.4, 0.5) is 11.8 Å². The van der Waals surface area contributed by atoms with E-state index in [4.69, 9.17) is 0 Å². The van der Waals surface area contributed by atoms with Crippen LogP contribution in [0.3, 0.4) is 0 Å². The van der Waals surface area contributed by atoms with Gasteiger partial charge in [0.15, 0.2) is 5.82 Å². The summed E-state index contributed by atoms with van der Waals surface area (Å²) >= 11 is 0. The molecule has 0 saturated carbocycles. The molecule has 6 nitrogen and oxygen atoms in total. The lowest BCUT2D eigenvalue weighted by atomic mass is 10.1. The summed E-state index contributed by atoms with van der Waals surface area (Å²) in [5.41, 5.74) is 1.37. The molecule has 1 N–H and O–H groups in total. The second-order valence-corrected chi connectivity index (χ2v) is 7.00. The van der Waals surface area contributed by atoms with E-state index in [-0.39, 0.29) is 0 Å². The van der Waals surface area contributed by atoms with Crippen LogP contribution < -0.4 is 10.2 Å². The molecule has 1 aromatic carbocycles. The summed E-state index contributed by atoms with van der Waals surface area (Å²) in [4.78, 5) is 9.41. The quantitative estimate of drug-likeness (QED) is 0.836. The number of aromatic nitrogens is 3. The van der Waals surface area contributed by atoms with Crippen molar-refractivity contribution in [2.24, 2.45) is 5.92 Å². The molecular formula is C19H28N6. The summed E-state index contributed by atoms with van der Waals surface area (Å²) in [6, 6.07) is 10.7. The number of anilines is 2. The fourth-order valence-corrected chi connectivity index (χ4v) is 2.97. The third-order valence-electron chi connectivity index (χ3n) is 4.50. The third-order valence-corrected chi connectivity index (χ3v) is 4.50. The van der Waals surface area contributed by atoms with Gasteiger partial charge in [0.1, 0.15) is 0 Å². The number of hydrogen-bond acceptors (Lipinski definition) is 6. The molecule has 0 spiro atoms. The van der Waals surface area contributed by atoms with Gasteiger partial charge < -0.3 is 10.2 Å². The van der Waals surface area contributed by atoms with Crippen LogP contribution in [0.15, 0.2) is 36.5 Å². The molecular weight excluding hydrogens is 312 g/mol. The Kier molecular flexibility index (Phi) is 6.17. The number of benzene rings is 1. The zero-order chi connectivity index (χ0) is 17.5. The molecule has 1 fully saturated rings. The molecule has 0 aliphatic carbocycles. The van der Waals surface area contributed by atoms with Crippen molar-refractivity contribution < 1.29 is 0 Å². The van der Waals surface area contributed by atoms with Gasteiger partial charge in [-0.15, -0.1) is 5.10 Å². The van der Waals surface area contributed by atoms with Gasteiger partial charge in [-0.2, -0.15) is 10.1 Å². The first kappa shape index (κ1) is 17.6. The van der Waals surface area contributed by atoms with E-state index < -0.39 is 0 Å². The number of nitrogens with zero attached hydrogens (tertiary/aromatic N) is 5. The molecule has 0 atom stereocenters. The highest BCUT2D eigenvalue weighted by molar-refractivity contribution is 5.40. The van der Waals surface area contributed by atoms with Crippen LogP contribution in [0.5, 0.6) is 0 Å². The van der Waals surface area contributed by atoms with Gasteiger partial charge in [0.2, 0.25) is 5.95 Å². The maximum atomic E-state index is 4.62. The van der Waals surface area contributed by atoms with E-state index in [2.05, 4.69) is 74.5 Å². The number of nitrogens with one attached hydrogen (secondary N) is 1. The fourth-order valence-electron chi connectivity index (χ4n) is 2.97. The number of piperazine rings is 1. The van der Waals surface area contributed by atoms with Crippen LogP contribution in [0.1, 0.15) is 25.8 Å². The van der Waals surface area contributed by atoms with Gasteiger partial charge in [-0.25, -0.2) is 0 Å². The minimum Gasteiger partial charge on any atom is -0.353 e. The van der Waals surface area contributed by atoms with Crippen molar-refractivity contribution in [2.75, 3.05) is 42.9 Å². The molecule has 1 aliphatic heterocycles. The summed E-state index contributed by atoms with van der Waals surface area (Å²) < 4.78 is 0. The van der Waals surface area contributed by atoms with Crippen LogP contribution in [-0.4, -0.2) is 52.8 Å². The molecule has 134 valence electrons. The van der Waals surface area contributed by atoms with Crippen molar-refractivity contribution in [1.29, 1.82) is 0 Å². The van der Waals surface area contributed by atoms with Crippen LogP contribution >= 0.6 is 0 Å². The highest BCUT2D eigenvalue weighted by Gasteiger charge is 2.18. The standard InChI is InChI=1S/C19H28N6/c1-16(2)8-9-20-19-22-18(14-21-23-19)25-12-10-24(11-13-25)15-17-6-4-3-5-7-17/h3-7,14,16H,8-13,15H2,1-2H3,(H,20,22,23). The van der Waals surface area contributed by atoms with Gasteiger partial charge in [-0.3, -0.25) is 4.90 Å². The van der Waals surface area contributed by atoms with Crippen molar-refractivity contribution >= 4 is 11.8 Å². The van der Waals surface area contributed by atoms with Crippen LogP contribution in [-0.2, 0) is 6.54 Å². The van der Waals surface area contributed by atoms with E-state index in [0.717, 1.165) is 51.5 Å². The molecule has 1 aromatic heterocycles. The first-order chi connectivity index (χ1) is 12.2. The molecule has 0 bridgehead atoms. The van der Waals surface area contributed by atoms with E-state index >= 15 is 0 Å². The summed E-state index contributed by atoms with van der Waals surface area (Å²) in [5.74, 6) is 2.22. The minimum atomic E-state index is 0.630. The normalized spacial score (nSPS) is 15.6. The second kappa shape index (κ2) is 8.76. The Morgan fingerprint density at radius 1 is 1.08 bits per heavy atom. The molecule has 0 amide bonds. The summed E-state index contributed by atoms with van der Waals surface area (Å²) in [7, 11) is 0. The molecule has 0 unspecified atom stereocenters. The topological polar surface area (TPSA) is 57.2 Å². The smallest absolute Gasteiger partial charge is 0.244 e. The molecule has 25 heavy (non-hydrogen) atoms. The highest BCUT2D eigenvalue weighted by atomic mass is 15.3. The van der Waals surface area contributed by atoms with E-state index in [0.29, 0.717) is 11.9 Å². The van der Waals surface area contributed by atoms with Crippen molar-refractivity contribution in [3.63, 3.8) is 0 Å². The molecule has 1 aliphatic rings. The van der Waals surface area contributed by atoms with Crippen molar-refractivity contribution in [1.82, 2.24) is 20.1 Å².